The van der Waals surface area contributed by atoms with Gasteiger partial charge in [-0.05, 0) is 44.0 Å². The van der Waals surface area contributed by atoms with Gasteiger partial charge in [0.15, 0.2) is 0 Å². The molecule has 0 heterocycles. The summed E-state index contributed by atoms with van der Waals surface area (Å²) in [5.41, 5.74) is 7.68. The smallest absolute Gasteiger partial charge is 0.119 e. The van der Waals surface area contributed by atoms with Crippen LogP contribution in [0.4, 0.5) is 0 Å². The first kappa shape index (κ1) is 15.3. The highest BCUT2D eigenvalue weighted by molar-refractivity contribution is 6.32. The Morgan fingerprint density at radius 1 is 1.28 bits per heavy atom. The van der Waals surface area contributed by atoms with E-state index in [1.807, 2.05) is 32.9 Å². The summed E-state index contributed by atoms with van der Waals surface area (Å²) < 4.78 is 11.2. The van der Waals surface area contributed by atoms with E-state index < -0.39 is 0 Å². The molecular weight excluding hydrogens is 250 g/mol. The Morgan fingerprint density at radius 2 is 1.89 bits per heavy atom. The summed E-state index contributed by atoms with van der Waals surface area (Å²) in [5.74, 6) is 0.849. The first-order valence-corrected chi connectivity index (χ1v) is 6.67. The number of benzene rings is 1. The lowest BCUT2D eigenvalue weighted by atomic mass is 10.1. The van der Waals surface area contributed by atoms with E-state index >= 15 is 0 Å². The van der Waals surface area contributed by atoms with E-state index in [0.29, 0.717) is 19.8 Å². The third-order valence-corrected chi connectivity index (χ3v) is 3.38. The van der Waals surface area contributed by atoms with Crippen molar-refractivity contribution in [2.75, 3.05) is 19.8 Å². The third-order valence-electron chi connectivity index (χ3n) is 2.78. The summed E-state index contributed by atoms with van der Waals surface area (Å²) >= 11 is 6.11. The molecule has 0 saturated carbocycles. The fourth-order valence-corrected chi connectivity index (χ4v) is 1.91. The van der Waals surface area contributed by atoms with Gasteiger partial charge in [0.1, 0.15) is 5.75 Å². The number of ether oxygens (including phenoxy) is 2. The second-order valence-electron chi connectivity index (χ2n) is 4.32. The first-order valence-electron chi connectivity index (χ1n) is 6.29. The van der Waals surface area contributed by atoms with Crippen LogP contribution in [0.2, 0.25) is 5.02 Å². The molecule has 0 fully saturated rings. The molecule has 1 aromatic rings. The Kier molecular flexibility index (Phi) is 6.47. The number of hydrogen-bond acceptors (Lipinski definition) is 3. The van der Waals surface area contributed by atoms with E-state index in [1.165, 1.54) is 0 Å². The standard InChI is InChI=1S/C14H22ClNO2/c1-4-17-12(9-16)5-6-18-13-7-10(2)14(15)11(3)8-13/h7-8,12H,4-6,9,16H2,1-3H3. The van der Waals surface area contributed by atoms with Crippen LogP contribution in [-0.2, 0) is 4.74 Å². The predicted molar refractivity (Wildman–Crippen MR) is 75.5 cm³/mol. The molecule has 0 saturated heterocycles. The number of hydrogen-bond donors (Lipinski definition) is 1. The first-order chi connectivity index (χ1) is 8.58. The van der Waals surface area contributed by atoms with Gasteiger partial charge in [-0.15, -0.1) is 0 Å². The van der Waals surface area contributed by atoms with Gasteiger partial charge < -0.3 is 15.2 Å². The maximum absolute atomic E-state index is 6.11. The number of aryl methyl sites for hydroxylation is 2. The van der Waals surface area contributed by atoms with Crippen LogP contribution >= 0.6 is 11.6 Å². The molecule has 0 aliphatic rings. The van der Waals surface area contributed by atoms with Crippen LogP contribution in [0.5, 0.6) is 5.75 Å². The minimum Gasteiger partial charge on any atom is -0.493 e. The summed E-state index contributed by atoms with van der Waals surface area (Å²) in [4.78, 5) is 0. The zero-order valence-electron chi connectivity index (χ0n) is 11.3. The van der Waals surface area contributed by atoms with Crippen LogP contribution in [0.15, 0.2) is 12.1 Å². The van der Waals surface area contributed by atoms with Crippen molar-refractivity contribution in [3.8, 4) is 5.75 Å². The molecule has 1 unspecified atom stereocenters. The molecule has 1 aromatic carbocycles. The van der Waals surface area contributed by atoms with Gasteiger partial charge in [-0.25, -0.2) is 0 Å². The molecule has 0 radical (unpaired) electrons. The van der Waals surface area contributed by atoms with E-state index in [1.54, 1.807) is 0 Å². The highest BCUT2D eigenvalue weighted by atomic mass is 35.5. The van der Waals surface area contributed by atoms with Crippen LogP contribution in [0, 0.1) is 13.8 Å². The van der Waals surface area contributed by atoms with Gasteiger partial charge in [-0.1, -0.05) is 11.6 Å². The van der Waals surface area contributed by atoms with Crippen molar-refractivity contribution in [1.82, 2.24) is 0 Å². The topological polar surface area (TPSA) is 44.5 Å². The van der Waals surface area contributed by atoms with Gasteiger partial charge in [0.25, 0.3) is 0 Å². The lowest BCUT2D eigenvalue weighted by Crippen LogP contribution is -2.25. The van der Waals surface area contributed by atoms with Crippen molar-refractivity contribution in [2.45, 2.75) is 33.3 Å². The lowest BCUT2D eigenvalue weighted by molar-refractivity contribution is 0.0527. The number of rotatable bonds is 7. The fourth-order valence-electron chi connectivity index (χ4n) is 1.80. The summed E-state index contributed by atoms with van der Waals surface area (Å²) in [6.45, 7) is 7.73. The van der Waals surface area contributed by atoms with Gasteiger partial charge >= 0.3 is 0 Å². The normalized spacial score (nSPS) is 12.5. The molecule has 2 N–H and O–H groups in total. The van der Waals surface area contributed by atoms with Crippen molar-refractivity contribution in [1.29, 1.82) is 0 Å². The Bertz CT molecular complexity index is 359. The summed E-state index contributed by atoms with van der Waals surface area (Å²) in [6.07, 6.45) is 0.870. The molecule has 0 spiro atoms. The van der Waals surface area contributed by atoms with Crippen LogP contribution in [0.25, 0.3) is 0 Å². The maximum atomic E-state index is 6.11. The number of halogens is 1. The van der Waals surface area contributed by atoms with Crippen molar-refractivity contribution in [2.24, 2.45) is 5.73 Å². The van der Waals surface area contributed by atoms with E-state index in [-0.39, 0.29) is 6.10 Å². The molecule has 0 aromatic heterocycles. The van der Waals surface area contributed by atoms with E-state index in [0.717, 1.165) is 28.3 Å². The molecule has 0 aliphatic heterocycles. The van der Waals surface area contributed by atoms with Gasteiger partial charge in [0.05, 0.1) is 12.7 Å². The monoisotopic (exact) mass is 271 g/mol. The Balaban J connectivity index is 2.48. The average Bonchev–Trinajstić information content (AvgIpc) is 2.34. The van der Waals surface area contributed by atoms with Gasteiger partial charge in [0.2, 0.25) is 0 Å². The second kappa shape index (κ2) is 7.62. The SMILES string of the molecule is CCOC(CN)CCOc1cc(C)c(Cl)c(C)c1. The minimum atomic E-state index is 0.0736. The molecule has 0 amide bonds. The molecule has 102 valence electrons. The van der Waals surface area contributed by atoms with Gasteiger partial charge in [-0.2, -0.15) is 0 Å². The molecule has 3 nitrogen and oxygen atoms in total. The summed E-state index contributed by atoms with van der Waals surface area (Å²) in [7, 11) is 0. The van der Waals surface area contributed by atoms with E-state index in [4.69, 9.17) is 26.8 Å². The summed E-state index contributed by atoms with van der Waals surface area (Å²) in [5, 5.41) is 0.802. The van der Waals surface area contributed by atoms with Crippen LogP contribution in [-0.4, -0.2) is 25.9 Å². The average molecular weight is 272 g/mol. The Hall–Kier alpha value is -0.770. The van der Waals surface area contributed by atoms with E-state index in [9.17, 15) is 0 Å². The fraction of sp³-hybridized carbons (Fsp3) is 0.571. The largest absolute Gasteiger partial charge is 0.493 e. The van der Waals surface area contributed by atoms with Crippen molar-refractivity contribution >= 4 is 11.6 Å². The predicted octanol–water partition coefficient (Wildman–Crippen LogP) is 3.09. The highest BCUT2D eigenvalue weighted by Gasteiger charge is 2.07. The molecule has 0 bridgehead atoms. The molecule has 0 aliphatic carbocycles. The lowest BCUT2D eigenvalue weighted by Gasteiger charge is -2.15. The Morgan fingerprint density at radius 3 is 2.39 bits per heavy atom. The van der Waals surface area contributed by atoms with Crippen molar-refractivity contribution in [3.63, 3.8) is 0 Å². The summed E-state index contributed by atoms with van der Waals surface area (Å²) in [6, 6.07) is 3.90. The molecule has 1 atom stereocenters. The van der Waals surface area contributed by atoms with E-state index in [2.05, 4.69) is 0 Å². The molecule has 1 rings (SSSR count). The molecule has 4 heteroatoms. The molecular formula is C14H22ClNO2. The Labute approximate surface area is 114 Å². The van der Waals surface area contributed by atoms with Crippen molar-refractivity contribution < 1.29 is 9.47 Å². The highest BCUT2D eigenvalue weighted by Crippen LogP contribution is 2.25. The van der Waals surface area contributed by atoms with Crippen LogP contribution < -0.4 is 10.5 Å². The maximum Gasteiger partial charge on any atom is 0.119 e. The van der Waals surface area contributed by atoms with Gasteiger partial charge in [0, 0.05) is 24.6 Å². The third kappa shape index (κ3) is 4.48. The quantitative estimate of drug-likeness (QED) is 0.829. The second-order valence-corrected chi connectivity index (χ2v) is 4.70. The molecule has 18 heavy (non-hydrogen) atoms. The van der Waals surface area contributed by atoms with Gasteiger partial charge in [-0.3, -0.25) is 0 Å². The zero-order chi connectivity index (χ0) is 13.5. The van der Waals surface area contributed by atoms with Crippen LogP contribution in [0.1, 0.15) is 24.5 Å². The van der Waals surface area contributed by atoms with Crippen molar-refractivity contribution in [3.05, 3.63) is 28.3 Å². The minimum absolute atomic E-state index is 0.0736. The zero-order valence-corrected chi connectivity index (χ0v) is 12.1. The van der Waals surface area contributed by atoms with Crippen LogP contribution in [0.3, 0.4) is 0 Å². The number of nitrogens with two attached hydrogens (primary N) is 1.